The van der Waals surface area contributed by atoms with Crippen LogP contribution in [0.4, 0.5) is 5.69 Å². The number of piperidine rings is 1. The first-order valence-corrected chi connectivity index (χ1v) is 11.2. The van der Waals surface area contributed by atoms with E-state index >= 15 is 0 Å². The fraction of sp³-hybridized carbons (Fsp3) is 0.435. The first-order chi connectivity index (χ1) is 14.1. The maximum atomic E-state index is 12.4. The second-order valence-electron chi connectivity index (χ2n) is 7.96. The first kappa shape index (κ1) is 20.3. The number of rotatable bonds is 6. The topological polar surface area (TPSA) is 52.8 Å². The second-order valence-corrected chi connectivity index (χ2v) is 9.44. The Labute approximate surface area is 178 Å². The molecule has 2 aromatic carbocycles. The number of likely N-dealkylation sites (tertiary alicyclic amines) is 1. The lowest BCUT2D eigenvalue weighted by atomic mass is 9.94. The lowest BCUT2D eigenvalue weighted by Gasteiger charge is -2.43. The number of nitrogens with zero attached hydrogens (tertiary/aromatic N) is 3. The molecule has 2 aromatic rings. The Kier molecular flexibility index (Phi) is 6.43. The van der Waals surface area contributed by atoms with E-state index in [0.717, 1.165) is 58.7 Å². The SMILES string of the molecule is NC(=O)C1(SN2CCN(c3ccccc3)CC2)CCN(Cc2ccccc2)CC1. The van der Waals surface area contributed by atoms with Gasteiger partial charge in [-0.3, -0.25) is 9.69 Å². The Morgan fingerprint density at radius 1 is 0.862 bits per heavy atom. The van der Waals surface area contributed by atoms with Crippen molar-refractivity contribution in [3.8, 4) is 0 Å². The van der Waals surface area contributed by atoms with E-state index in [0.29, 0.717) is 0 Å². The van der Waals surface area contributed by atoms with E-state index in [4.69, 9.17) is 5.73 Å². The minimum Gasteiger partial charge on any atom is -0.369 e. The van der Waals surface area contributed by atoms with E-state index in [1.165, 1.54) is 11.3 Å². The van der Waals surface area contributed by atoms with E-state index in [2.05, 4.69) is 68.7 Å². The molecule has 29 heavy (non-hydrogen) atoms. The number of carbonyl (C=O) groups excluding carboxylic acids is 1. The highest BCUT2D eigenvalue weighted by Crippen LogP contribution is 2.39. The highest BCUT2D eigenvalue weighted by molar-refractivity contribution is 7.99. The van der Waals surface area contributed by atoms with Crippen molar-refractivity contribution in [2.45, 2.75) is 24.1 Å². The molecule has 0 saturated carbocycles. The summed E-state index contributed by atoms with van der Waals surface area (Å²) in [5.41, 5.74) is 8.52. The summed E-state index contributed by atoms with van der Waals surface area (Å²) in [6.07, 6.45) is 1.64. The fourth-order valence-corrected chi connectivity index (χ4v) is 5.52. The molecule has 2 saturated heterocycles. The number of amides is 1. The number of piperazine rings is 1. The van der Waals surface area contributed by atoms with Crippen molar-refractivity contribution >= 4 is 23.5 Å². The van der Waals surface area contributed by atoms with Gasteiger partial charge in [0.1, 0.15) is 4.75 Å². The van der Waals surface area contributed by atoms with Crippen LogP contribution in [-0.2, 0) is 11.3 Å². The van der Waals surface area contributed by atoms with E-state index in [9.17, 15) is 4.79 Å². The van der Waals surface area contributed by atoms with Crippen LogP contribution in [0, 0.1) is 0 Å². The number of nitrogens with two attached hydrogens (primary N) is 1. The van der Waals surface area contributed by atoms with Crippen LogP contribution in [0.15, 0.2) is 60.7 Å². The minimum absolute atomic E-state index is 0.160. The maximum absolute atomic E-state index is 12.4. The maximum Gasteiger partial charge on any atom is 0.235 e. The number of benzene rings is 2. The molecule has 2 aliphatic rings. The zero-order valence-electron chi connectivity index (χ0n) is 16.9. The molecule has 2 heterocycles. The third kappa shape index (κ3) is 4.94. The molecule has 0 bridgehead atoms. The quantitative estimate of drug-likeness (QED) is 0.742. The van der Waals surface area contributed by atoms with Gasteiger partial charge in [-0.05, 0) is 30.5 Å². The summed E-state index contributed by atoms with van der Waals surface area (Å²) in [4.78, 5) is 17.3. The standard InChI is InChI=1S/C23H30N4OS/c24-22(28)23(11-13-25(14-12-23)19-20-7-3-1-4-8-20)29-27-17-15-26(16-18-27)21-9-5-2-6-10-21/h1-10H,11-19H2,(H2,24,28). The molecule has 1 amide bonds. The molecule has 154 valence electrons. The summed E-state index contributed by atoms with van der Waals surface area (Å²) in [5.74, 6) is -0.160. The Bertz CT molecular complexity index is 785. The molecule has 0 atom stereocenters. The van der Waals surface area contributed by atoms with Gasteiger partial charge in [0.05, 0.1) is 0 Å². The number of hydrogen-bond acceptors (Lipinski definition) is 5. The zero-order chi connectivity index (χ0) is 20.1. The van der Waals surface area contributed by atoms with Gasteiger partial charge in [0.25, 0.3) is 0 Å². The second kappa shape index (κ2) is 9.20. The predicted molar refractivity (Wildman–Crippen MR) is 121 cm³/mol. The van der Waals surface area contributed by atoms with Crippen LogP contribution in [0.1, 0.15) is 18.4 Å². The Balaban J connectivity index is 1.31. The summed E-state index contributed by atoms with van der Waals surface area (Å²) in [5, 5.41) is 0. The molecule has 0 aromatic heterocycles. The summed E-state index contributed by atoms with van der Waals surface area (Å²) in [6, 6.07) is 21.1. The van der Waals surface area contributed by atoms with Crippen LogP contribution in [0.2, 0.25) is 0 Å². The van der Waals surface area contributed by atoms with Crippen LogP contribution in [-0.4, -0.2) is 59.1 Å². The van der Waals surface area contributed by atoms with E-state index in [1.807, 2.05) is 6.07 Å². The minimum atomic E-state index is -0.470. The van der Waals surface area contributed by atoms with Crippen molar-refractivity contribution in [3.05, 3.63) is 66.2 Å². The molecule has 2 N–H and O–H groups in total. The average Bonchev–Trinajstić information content (AvgIpc) is 2.77. The molecule has 0 unspecified atom stereocenters. The van der Waals surface area contributed by atoms with Gasteiger partial charge in [-0.1, -0.05) is 60.5 Å². The smallest absolute Gasteiger partial charge is 0.235 e. The van der Waals surface area contributed by atoms with Gasteiger partial charge in [0.15, 0.2) is 0 Å². The van der Waals surface area contributed by atoms with Crippen molar-refractivity contribution in [1.29, 1.82) is 0 Å². The third-order valence-electron chi connectivity index (χ3n) is 6.03. The number of para-hydroxylation sites is 1. The first-order valence-electron chi connectivity index (χ1n) is 10.4. The average molecular weight is 411 g/mol. The van der Waals surface area contributed by atoms with E-state index in [-0.39, 0.29) is 5.91 Å². The molecular weight excluding hydrogens is 380 g/mol. The summed E-state index contributed by atoms with van der Waals surface area (Å²) >= 11 is 1.71. The molecule has 4 rings (SSSR count). The molecule has 2 fully saturated rings. The highest BCUT2D eigenvalue weighted by Gasteiger charge is 2.42. The molecule has 0 radical (unpaired) electrons. The Hall–Kier alpha value is -2.02. The van der Waals surface area contributed by atoms with Gasteiger partial charge in [0, 0.05) is 51.5 Å². The van der Waals surface area contributed by atoms with Crippen LogP contribution in [0.3, 0.4) is 0 Å². The van der Waals surface area contributed by atoms with Gasteiger partial charge in [-0.15, -0.1) is 0 Å². The van der Waals surface area contributed by atoms with Crippen LogP contribution >= 0.6 is 11.9 Å². The summed E-state index contributed by atoms with van der Waals surface area (Å²) < 4.78 is 1.89. The molecule has 2 aliphatic heterocycles. The molecule has 0 aliphatic carbocycles. The van der Waals surface area contributed by atoms with Gasteiger partial charge >= 0.3 is 0 Å². The van der Waals surface area contributed by atoms with Crippen LogP contribution in [0.25, 0.3) is 0 Å². The zero-order valence-corrected chi connectivity index (χ0v) is 17.7. The van der Waals surface area contributed by atoms with Crippen molar-refractivity contribution in [1.82, 2.24) is 9.21 Å². The third-order valence-corrected chi connectivity index (χ3v) is 7.61. The molecule has 6 heteroatoms. The van der Waals surface area contributed by atoms with Crippen LogP contribution in [0.5, 0.6) is 0 Å². The van der Waals surface area contributed by atoms with Crippen molar-refractivity contribution < 1.29 is 4.79 Å². The van der Waals surface area contributed by atoms with E-state index in [1.54, 1.807) is 11.9 Å². The Morgan fingerprint density at radius 3 is 2.03 bits per heavy atom. The van der Waals surface area contributed by atoms with Gasteiger partial charge in [-0.2, -0.15) is 0 Å². The van der Waals surface area contributed by atoms with Gasteiger partial charge < -0.3 is 10.6 Å². The summed E-state index contributed by atoms with van der Waals surface area (Å²) in [7, 11) is 0. The van der Waals surface area contributed by atoms with Crippen molar-refractivity contribution in [2.24, 2.45) is 5.73 Å². The van der Waals surface area contributed by atoms with Gasteiger partial charge in [0.2, 0.25) is 5.91 Å². The monoisotopic (exact) mass is 410 g/mol. The van der Waals surface area contributed by atoms with Crippen LogP contribution < -0.4 is 10.6 Å². The lowest BCUT2D eigenvalue weighted by molar-refractivity contribution is -0.121. The Morgan fingerprint density at radius 2 is 1.45 bits per heavy atom. The fourth-order valence-electron chi connectivity index (χ4n) is 4.22. The molecule has 5 nitrogen and oxygen atoms in total. The predicted octanol–water partition coefficient (Wildman–Crippen LogP) is 2.98. The number of hydrogen-bond donors (Lipinski definition) is 1. The summed E-state index contributed by atoms with van der Waals surface area (Å²) in [6.45, 7) is 6.61. The number of anilines is 1. The normalized spacial score (nSPS) is 20.5. The largest absolute Gasteiger partial charge is 0.369 e. The van der Waals surface area contributed by atoms with E-state index < -0.39 is 4.75 Å². The lowest BCUT2D eigenvalue weighted by Crippen LogP contribution is -2.53. The highest BCUT2D eigenvalue weighted by atomic mass is 32.2. The number of carbonyl (C=O) groups is 1. The molecular formula is C23H30N4OS. The van der Waals surface area contributed by atoms with Crippen molar-refractivity contribution in [3.63, 3.8) is 0 Å². The number of primary amides is 1. The van der Waals surface area contributed by atoms with Gasteiger partial charge in [-0.25, -0.2) is 4.31 Å². The van der Waals surface area contributed by atoms with Crippen molar-refractivity contribution in [2.75, 3.05) is 44.2 Å². The molecule has 0 spiro atoms.